The summed E-state index contributed by atoms with van der Waals surface area (Å²) >= 11 is 0. The first-order valence-electron chi connectivity index (χ1n) is 5.00. The van der Waals surface area contributed by atoms with E-state index < -0.39 is 0 Å². The second kappa shape index (κ2) is 5.71. The van der Waals surface area contributed by atoms with Crippen LogP contribution < -0.4 is 5.73 Å². The lowest BCUT2D eigenvalue weighted by Gasteiger charge is -1.97. The second-order valence-electron chi connectivity index (χ2n) is 3.50. The molecule has 0 radical (unpaired) electrons. The zero-order valence-electron chi connectivity index (χ0n) is 9.35. The zero-order chi connectivity index (χ0) is 11.0. The molecule has 0 fully saturated rings. The summed E-state index contributed by atoms with van der Waals surface area (Å²) in [5.41, 5.74) is 7.81. The van der Waals surface area contributed by atoms with Crippen LogP contribution >= 0.6 is 24.8 Å². The van der Waals surface area contributed by atoms with E-state index in [0.717, 1.165) is 11.3 Å². The van der Waals surface area contributed by atoms with Crippen LogP contribution in [0.15, 0.2) is 48.8 Å². The molecule has 0 saturated carbocycles. The van der Waals surface area contributed by atoms with Gasteiger partial charge in [-0.1, -0.05) is 30.3 Å². The van der Waals surface area contributed by atoms with Crippen LogP contribution in [0.2, 0.25) is 0 Å². The van der Waals surface area contributed by atoms with Crippen molar-refractivity contribution >= 4 is 36.4 Å². The zero-order valence-corrected chi connectivity index (χ0v) is 11.0. The largest absolute Gasteiger partial charge is 0.383 e. The number of hydrogen-bond donors (Lipinski definition) is 1. The summed E-state index contributed by atoms with van der Waals surface area (Å²) in [6, 6.07) is 11.7. The number of halogens is 2. The van der Waals surface area contributed by atoms with Gasteiger partial charge >= 0.3 is 0 Å². The van der Waals surface area contributed by atoms with Crippen molar-refractivity contribution in [3.8, 4) is 11.3 Å². The van der Waals surface area contributed by atoms with Crippen molar-refractivity contribution in [2.45, 2.75) is 0 Å². The first-order valence-corrected chi connectivity index (χ1v) is 5.00. The Balaban J connectivity index is 0.000000810. The summed E-state index contributed by atoms with van der Waals surface area (Å²) in [6.45, 7) is 0. The third-order valence-electron chi connectivity index (χ3n) is 2.49. The minimum absolute atomic E-state index is 0. The van der Waals surface area contributed by atoms with Crippen molar-refractivity contribution < 1.29 is 0 Å². The number of fused-ring (bicyclic) bond motifs is 1. The summed E-state index contributed by atoms with van der Waals surface area (Å²) in [7, 11) is 0. The number of hydrogen-bond acceptors (Lipinski definition) is 3. The number of rotatable bonds is 1. The quantitative estimate of drug-likeness (QED) is 0.747. The van der Waals surface area contributed by atoms with Gasteiger partial charge in [0.25, 0.3) is 0 Å². The predicted molar refractivity (Wildman–Crippen MR) is 77.3 cm³/mol. The summed E-state index contributed by atoms with van der Waals surface area (Å²) in [5.74, 6) is 1.24. The molecule has 3 rings (SSSR count). The SMILES string of the molecule is Cl.Cl.Nc1c(-c2ccccc2)nc2ncccn12. The van der Waals surface area contributed by atoms with Gasteiger partial charge in [0.1, 0.15) is 11.5 Å². The third-order valence-corrected chi connectivity index (χ3v) is 2.49. The van der Waals surface area contributed by atoms with Gasteiger partial charge in [0.05, 0.1) is 0 Å². The Hall–Kier alpha value is -1.78. The van der Waals surface area contributed by atoms with Crippen molar-refractivity contribution in [1.82, 2.24) is 14.4 Å². The van der Waals surface area contributed by atoms with Crippen molar-refractivity contribution in [2.75, 3.05) is 5.73 Å². The molecule has 3 aromatic rings. The molecule has 0 atom stereocenters. The lowest BCUT2D eigenvalue weighted by Crippen LogP contribution is -1.94. The molecule has 18 heavy (non-hydrogen) atoms. The van der Waals surface area contributed by atoms with Crippen LogP contribution in [0.5, 0.6) is 0 Å². The molecule has 0 spiro atoms. The number of nitrogen functional groups attached to an aromatic ring is 1. The highest BCUT2D eigenvalue weighted by Gasteiger charge is 2.10. The summed E-state index contributed by atoms with van der Waals surface area (Å²) in [4.78, 5) is 8.57. The van der Waals surface area contributed by atoms with Gasteiger partial charge in [0.2, 0.25) is 5.78 Å². The first kappa shape index (κ1) is 14.3. The number of nitrogens with zero attached hydrogens (tertiary/aromatic N) is 3. The fourth-order valence-corrected chi connectivity index (χ4v) is 1.71. The van der Waals surface area contributed by atoms with E-state index in [0.29, 0.717) is 11.6 Å². The van der Waals surface area contributed by atoms with E-state index in [9.17, 15) is 0 Å². The average Bonchev–Trinajstić information content (AvgIpc) is 2.69. The van der Waals surface area contributed by atoms with E-state index in [2.05, 4.69) is 9.97 Å². The molecule has 2 heterocycles. The van der Waals surface area contributed by atoms with E-state index >= 15 is 0 Å². The number of aromatic nitrogens is 3. The number of anilines is 1. The summed E-state index contributed by atoms with van der Waals surface area (Å²) in [6.07, 6.45) is 3.56. The number of nitrogens with two attached hydrogens (primary N) is 1. The molecule has 2 aromatic heterocycles. The van der Waals surface area contributed by atoms with Gasteiger partial charge in [-0.25, -0.2) is 9.97 Å². The molecular formula is C12H12Cl2N4. The minimum Gasteiger partial charge on any atom is -0.383 e. The monoisotopic (exact) mass is 282 g/mol. The topological polar surface area (TPSA) is 56.2 Å². The van der Waals surface area contributed by atoms with Crippen LogP contribution in [0.3, 0.4) is 0 Å². The van der Waals surface area contributed by atoms with Gasteiger partial charge in [-0.2, -0.15) is 0 Å². The van der Waals surface area contributed by atoms with E-state index in [-0.39, 0.29) is 24.8 Å². The van der Waals surface area contributed by atoms with E-state index in [1.807, 2.05) is 42.6 Å². The molecule has 0 bridgehead atoms. The van der Waals surface area contributed by atoms with Gasteiger partial charge in [-0.15, -0.1) is 24.8 Å². The highest BCUT2D eigenvalue weighted by atomic mass is 35.5. The van der Waals surface area contributed by atoms with E-state index in [1.54, 1.807) is 10.6 Å². The lowest BCUT2D eigenvalue weighted by molar-refractivity contribution is 1.12. The van der Waals surface area contributed by atoms with Crippen molar-refractivity contribution in [2.24, 2.45) is 0 Å². The maximum atomic E-state index is 6.03. The van der Waals surface area contributed by atoms with Crippen LogP contribution in [0.25, 0.3) is 17.0 Å². The van der Waals surface area contributed by atoms with Gasteiger partial charge in [-0.3, -0.25) is 4.40 Å². The number of benzene rings is 1. The van der Waals surface area contributed by atoms with E-state index in [4.69, 9.17) is 5.73 Å². The number of imidazole rings is 1. The fourth-order valence-electron chi connectivity index (χ4n) is 1.71. The first-order chi connectivity index (χ1) is 7.86. The maximum Gasteiger partial charge on any atom is 0.235 e. The second-order valence-corrected chi connectivity index (χ2v) is 3.50. The van der Waals surface area contributed by atoms with Crippen LogP contribution in [-0.2, 0) is 0 Å². The third kappa shape index (κ3) is 2.25. The van der Waals surface area contributed by atoms with Crippen LogP contribution in [0.4, 0.5) is 5.82 Å². The molecule has 0 aliphatic carbocycles. The Bertz CT molecular complexity index is 637. The maximum absolute atomic E-state index is 6.03. The Morgan fingerprint density at radius 1 is 1.00 bits per heavy atom. The van der Waals surface area contributed by atoms with Crippen LogP contribution in [-0.4, -0.2) is 14.4 Å². The Labute approximate surface area is 117 Å². The minimum atomic E-state index is 0. The average molecular weight is 283 g/mol. The Morgan fingerprint density at radius 2 is 1.72 bits per heavy atom. The molecule has 1 aromatic carbocycles. The Morgan fingerprint density at radius 3 is 2.39 bits per heavy atom. The van der Waals surface area contributed by atoms with E-state index in [1.165, 1.54) is 0 Å². The standard InChI is InChI=1S/C12H10N4.2ClH/c13-11-10(9-5-2-1-3-6-9)15-12-14-7-4-8-16(11)12;;/h1-8H,13H2;2*1H. The summed E-state index contributed by atoms with van der Waals surface area (Å²) < 4.78 is 1.78. The highest BCUT2D eigenvalue weighted by Crippen LogP contribution is 2.24. The molecule has 0 aliphatic rings. The highest BCUT2D eigenvalue weighted by molar-refractivity contribution is 5.85. The van der Waals surface area contributed by atoms with Crippen molar-refractivity contribution in [3.05, 3.63) is 48.8 Å². The Kier molecular flexibility index (Phi) is 4.53. The lowest BCUT2D eigenvalue weighted by atomic mass is 10.1. The van der Waals surface area contributed by atoms with Crippen LogP contribution in [0, 0.1) is 0 Å². The van der Waals surface area contributed by atoms with Gasteiger partial charge in [0, 0.05) is 18.0 Å². The molecule has 2 N–H and O–H groups in total. The van der Waals surface area contributed by atoms with Crippen LogP contribution in [0.1, 0.15) is 0 Å². The summed E-state index contributed by atoms with van der Waals surface area (Å²) in [5, 5.41) is 0. The predicted octanol–water partition coefficient (Wildman–Crippen LogP) is 2.82. The van der Waals surface area contributed by atoms with Gasteiger partial charge < -0.3 is 5.73 Å². The molecular weight excluding hydrogens is 271 g/mol. The van der Waals surface area contributed by atoms with Gasteiger partial charge in [-0.05, 0) is 6.07 Å². The van der Waals surface area contributed by atoms with Gasteiger partial charge in [0.15, 0.2) is 0 Å². The molecule has 6 heteroatoms. The molecule has 0 unspecified atom stereocenters. The fraction of sp³-hybridized carbons (Fsp3) is 0. The smallest absolute Gasteiger partial charge is 0.235 e. The molecule has 4 nitrogen and oxygen atoms in total. The van der Waals surface area contributed by atoms with Crippen molar-refractivity contribution in [3.63, 3.8) is 0 Å². The molecule has 0 aliphatic heterocycles. The molecule has 94 valence electrons. The van der Waals surface area contributed by atoms with Crippen molar-refractivity contribution in [1.29, 1.82) is 0 Å². The molecule has 0 amide bonds. The normalized spacial score (nSPS) is 9.56. The molecule has 0 saturated heterocycles.